The van der Waals surface area contributed by atoms with Crippen LogP contribution in [0.2, 0.25) is 0 Å². The van der Waals surface area contributed by atoms with E-state index in [1.54, 1.807) is 11.3 Å². The number of anilines is 2. The molecule has 0 spiro atoms. The molecule has 3 rings (SSSR count). The minimum Gasteiger partial charge on any atom is -0.370 e. The van der Waals surface area contributed by atoms with Gasteiger partial charge in [-0.05, 0) is 36.4 Å². The average molecular weight is 345 g/mol. The van der Waals surface area contributed by atoms with Gasteiger partial charge in [0, 0.05) is 13.1 Å². The van der Waals surface area contributed by atoms with E-state index in [4.69, 9.17) is 0 Å². The Hall–Kier alpha value is -1.85. The van der Waals surface area contributed by atoms with Crippen molar-refractivity contribution in [3.05, 3.63) is 46.7 Å². The predicted molar refractivity (Wildman–Crippen MR) is 101 cm³/mol. The van der Waals surface area contributed by atoms with Crippen LogP contribution in [0.3, 0.4) is 0 Å². The second-order valence-electron chi connectivity index (χ2n) is 6.24. The highest BCUT2D eigenvalue weighted by atomic mass is 32.1. The largest absolute Gasteiger partial charge is 0.370 e. The Morgan fingerprint density at radius 3 is 2.62 bits per heavy atom. The molecule has 1 aromatic heterocycles. The van der Waals surface area contributed by atoms with Crippen molar-refractivity contribution in [2.75, 3.05) is 29.9 Å². The fourth-order valence-electron chi connectivity index (χ4n) is 3.14. The third-order valence-electron chi connectivity index (χ3n) is 4.38. The maximum absolute atomic E-state index is 12.3. The van der Waals surface area contributed by atoms with E-state index in [-0.39, 0.29) is 5.91 Å². The molecule has 1 aliphatic rings. The maximum atomic E-state index is 12.3. The lowest BCUT2D eigenvalue weighted by molar-refractivity contribution is -0.659. The van der Waals surface area contributed by atoms with Crippen LogP contribution in [-0.2, 0) is 11.3 Å². The van der Waals surface area contributed by atoms with Gasteiger partial charge in [0.05, 0.1) is 16.3 Å². The quantitative estimate of drug-likeness (QED) is 0.846. The van der Waals surface area contributed by atoms with Crippen LogP contribution in [-0.4, -0.2) is 25.5 Å². The Morgan fingerprint density at radius 1 is 1.08 bits per heavy atom. The third-order valence-corrected chi connectivity index (χ3v) is 5.28. The Bertz CT molecular complexity index is 634. The van der Waals surface area contributed by atoms with Crippen molar-refractivity contribution >= 4 is 28.6 Å². The summed E-state index contributed by atoms with van der Waals surface area (Å²) in [7, 11) is 0. The summed E-state index contributed by atoms with van der Waals surface area (Å²) in [6.45, 7) is 3.47. The monoisotopic (exact) mass is 344 g/mol. The third kappa shape index (κ3) is 4.82. The topological polar surface area (TPSA) is 49.0 Å². The molecule has 0 radical (unpaired) electrons. The summed E-state index contributed by atoms with van der Waals surface area (Å²) < 4.78 is 0. The van der Waals surface area contributed by atoms with Crippen LogP contribution in [0.15, 0.2) is 41.8 Å². The zero-order valence-electron chi connectivity index (χ0n) is 14.0. The fraction of sp³-hybridized carbons (Fsp3) is 0.421. The van der Waals surface area contributed by atoms with Crippen molar-refractivity contribution in [3.8, 4) is 0 Å². The second kappa shape index (κ2) is 8.85. The van der Waals surface area contributed by atoms with Crippen LogP contribution >= 0.6 is 11.3 Å². The molecule has 0 aliphatic carbocycles. The highest BCUT2D eigenvalue weighted by molar-refractivity contribution is 7.09. The van der Waals surface area contributed by atoms with E-state index in [2.05, 4.69) is 39.1 Å². The van der Waals surface area contributed by atoms with E-state index in [0.29, 0.717) is 6.54 Å². The summed E-state index contributed by atoms with van der Waals surface area (Å²) in [6.07, 6.45) is 5.08. The van der Waals surface area contributed by atoms with E-state index in [1.165, 1.54) is 30.6 Å². The summed E-state index contributed by atoms with van der Waals surface area (Å²) in [5.74, 6) is 0.0637. The van der Waals surface area contributed by atoms with Gasteiger partial charge in [-0.2, -0.15) is 0 Å². The molecule has 0 saturated carbocycles. The second-order valence-corrected chi connectivity index (χ2v) is 7.28. The molecule has 1 aromatic carbocycles. The van der Waals surface area contributed by atoms with Gasteiger partial charge in [-0.25, -0.2) is 0 Å². The predicted octanol–water partition coefficient (Wildman–Crippen LogP) is 2.83. The van der Waals surface area contributed by atoms with Crippen molar-refractivity contribution in [1.29, 1.82) is 0 Å². The van der Waals surface area contributed by atoms with E-state index < -0.39 is 0 Å². The van der Waals surface area contributed by atoms with Crippen LogP contribution in [0.25, 0.3) is 0 Å². The van der Waals surface area contributed by atoms with E-state index in [0.717, 1.165) is 31.0 Å². The van der Waals surface area contributed by atoms with Gasteiger partial charge < -0.3 is 15.5 Å². The summed E-state index contributed by atoms with van der Waals surface area (Å²) in [4.78, 5) is 16.0. The number of hydrogen-bond donors (Lipinski definition) is 2. The van der Waals surface area contributed by atoms with Gasteiger partial charge in [-0.15, -0.1) is 11.3 Å². The van der Waals surface area contributed by atoms with E-state index >= 15 is 0 Å². The van der Waals surface area contributed by atoms with Gasteiger partial charge in [0.25, 0.3) is 5.91 Å². The zero-order chi connectivity index (χ0) is 16.6. The van der Waals surface area contributed by atoms with Crippen LogP contribution in [0.1, 0.15) is 30.6 Å². The number of nitrogens with two attached hydrogens (primary N) is 1. The molecule has 4 nitrogen and oxygen atoms in total. The van der Waals surface area contributed by atoms with Crippen LogP contribution < -0.4 is 15.5 Å². The molecule has 128 valence electrons. The van der Waals surface area contributed by atoms with Gasteiger partial charge in [-0.1, -0.05) is 31.0 Å². The molecule has 5 heteroatoms. The first-order valence-electron chi connectivity index (χ1n) is 8.81. The fourth-order valence-corrected chi connectivity index (χ4v) is 3.85. The molecule has 1 saturated heterocycles. The van der Waals surface area contributed by atoms with E-state index in [9.17, 15) is 4.79 Å². The Morgan fingerprint density at radius 2 is 1.88 bits per heavy atom. The smallest absolute Gasteiger partial charge is 0.279 e. The molecule has 3 N–H and O–H groups in total. The van der Waals surface area contributed by atoms with Crippen LogP contribution in [0.4, 0.5) is 11.4 Å². The average Bonchev–Trinajstić information content (AvgIpc) is 2.96. The molecule has 1 aliphatic heterocycles. The van der Waals surface area contributed by atoms with Gasteiger partial charge in [0.15, 0.2) is 6.54 Å². The number of para-hydroxylation sites is 2. The SMILES string of the molecule is O=C(C[NH2+]Cc1cccs1)Nc1ccccc1N1CCCCCC1. The minimum absolute atomic E-state index is 0.0637. The molecule has 0 bridgehead atoms. The summed E-state index contributed by atoms with van der Waals surface area (Å²) in [5, 5.41) is 7.22. The molecule has 0 unspecified atom stereocenters. The number of carbonyl (C=O) groups excluding carboxylic acids is 1. The van der Waals surface area contributed by atoms with Crippen LogP contribution in [0.5, 0.6) is 0 Å². The Balaban J connectivity index is 1.56. The van der Waals surface area contributed by atoms with Gasteiger partial charge in [0.1, 0.15) is 6.54 Å². The first-order chi connectivity index (χ1) is 11.8. The molecule has 1 amide bonds. The lowest BCUT2D eigenvalue weighted by atomic mass is 10.2. The molecule has 0 atom stereocenters. The number of hydrogen-bond acceptors (Lipinski definition) is 3. The molecule has 2 aromatic rings. The number of amides is 1. The normalized spacial score (nSPS) is 15.1. The number of rotatable bonds is 6. The highest BCUT2D eigenvalue weighted by Crippen LogP contribution is 2.27. The molecule has 2 heterocycles. The van der Waals surface area contributed by atoms with Gasteiger partial charge in [0.2, 0.25) is 0 Å². The number of carbonyl (C=O) groups is 1. The van der Waals surface area contributed by atoms with Gasteiger partial charge in [-0.3, -0.25) is 4.79 Å². The number of quaternary nitrogens is 1. The Kier molecular flexibility index (Phi) is 6.26. The first kappa shape index (κ1) is 17.0. The minimum atomic E-state index is 0.0637. The first-order valence-corrected chi connectivity index (χ1v) is 9.69. The molecule has 1 fully saturated rings. The number of nitrogens with one attached hydrogen (secondary N) is 1. The summed E-state index contributed by atoms with van der Waals surface area (Å²) >= 11 is 1.73. The highest BCUT2D eigenvalue weighted by Gasteiger charge is 2.15. The lowest BCUT2D eigenvalue weighted by Crippen LogP contribution is -2.84. The van der Waals surface area contributed by atoms with Crippen molar-refractivity contribution in [2.45, 2.75) is 32.2 Å². The number of thiophene rings is 1. The van der Waals surface area contributed by atoms with Crippen molar-refractivity contribution in [2.24, 2.45) is 0 Å². The molecular formula is C19H26N3OS+. The molecule has 24 heavy (non-hydrogen) atoms. The van der Waals surface area contributed by atoms with Crippen molar-refractivity contribution in [1.82, 2.24) is 0 Å². The zero-order valence-corrected chi connectivity index (χ0v) is 14.9. The standard InChI is InChI=1S/C19H25N3OS/c23-19(15-20-14-16-8-7-13-24-16)21-17-9-3-4-10-18(17)22-11-5-1-2-6-12-22/h3-4,7-10,13,20H,1-2,5-6,11-12,14-15H2,(H,21,23)/p+1. The molecular weight excluding hydrogens is 318 g/mol. The Labute approximate surface area is 147 Å². The summed E-state index contributed by atoms with van der Waals surface area (Å²) in [6, 6.07) is 12.3. The van der Waals surface area contributed by atoms with Crippen molar-refractivity contribution in [3.63, 3.8) is 0 Å². The lowest BCUT2D eigenvalue weighted by Gasteiger charge is -2.25. The number of benzene rings is 1. The number of nitrogens with zero attached hydrogens (tertiary/aromatic N) is 1. The van der Waals surface area contributed by atoms with Gasteiger partial charge >= 0.3 is 0 Å². The van der Waals surface area contributed by atoms with E-state index in [1.807, 2.05) is 18.2 Å². The maximum Gasteiger partial charge on any atom is 0.279 e. The summed E-state index contributed by atoms with van der Waals surface area (Å²) in [5.41, 5.74) is 2.10. The van der Waals surface area contributed by atoms with Crippen molar-refractivity contribution < 1.29 is 10.1 Å². The van der Waals surface area contributed by atoms with Crippen LogP contribution in [0, 0.1) is 0 Å².